The van der Waals surface area contributed by atoms with Crippen molar-refractivity contribution in [1.29, 1.82) is 0 Å². The number of aliphatic hydroxyl groups is 1. The molecule has 2 aromatic carbocycles. The number of amides is 1. The summed E-state index contributed by atoms with van der Waals surface area (Å²) in [6.45, 7) is 6.02. The molecule has 28 heavy (non-hydrogen) atoms. The Balaban J connectivity index is 1.92. The third-order valence-electron chi connectivity index (χ3n) is 5.03. The number of carbonyl (C=O) groups excluding carboxylic acids is 1. The van der Waals surface area contributed by atoms with Crippen molar-refractivity contribution in [3.8, 4) is 0 Å². The molecular weight excluding hydrogens is 357 g/mol. The topological polar surface area (TPSA) is 49.8 Å². The Morgan fingerprint density at radius 2 is 1.82 bits per heavy atom. The summed E-state index contributed by atoms with van der Waals surface area (Å²) in [5.41, 5.74) is 0.975. The number of hydrogen-bond acceptors (Lipinski definition) is 3. The van der Waals surface area contributed by atoms with Crippen molar-refractivity contribution in [3.63, 3.8) is 0 Å². The highest BCUT2D eigenvalue weighted by Gasteiger charge is 2.40. The van der Waals surface area contributed by atoms with Crippen LogP contribution in [0, 0.1) is 5.82 Å². The van der Waals surface area contributed by atoms with Gasteiger partial charge in [0.2, 0.25) is 0 Å². The first-order valence-corrected chi connectivity index (χ1v) is 9.74. The van der Waals surface area contributed by atoms with Crippen LogP contribution in [0.25, 0.3) is 0 Å². The second kappa shape index (κ2) is 8.31. The molecule has 5 heteroatoms. The Morgan fingerprint density at radius 1 is 1.14 bits per heavy atom. The highest BCUT2D eigenvalue weighted by molar-refractivity contribution is 5.69. The van der Waals surface area contributed by atoms with E-state index >= 15 is 0 Å². The second-order valence-corrected chi connectivity index (χ2v) is 8.32. The molecule has 0 saturated carbocycles. The molecule has 0 radical (unpaired) electrons. The van der Waals surface area contributed by atoms with Crippen LogP contribution in [0.5, 0.6) is 0 Å². The summed E-state index contributed by atoms with van der Waals surface area (Å²) >= 11 is 0. The first-order chi connectivity index (χ1) is 13.3. The standard InChI is InChI=1S/C23H28FNO3/c1-23(2,3)28-22(27)25-14-8-13-19(25)21(26)20(16-9-5-4-6-10-16)17-11-7-12-18(24)15-17/h4-7,9-12,15,19-21,26H,8,13-14H2,1-3H3/t19-,20-,21+/m1/s1. The van der Waals surface area contributed by atoms with E-state index in [1.807, 2.05) is 57.2 Å². The molecule has 0 aliphatic carbocycles. The van der Waals surface area contributed by atoms with Crippen molar-refractivity contribution in [2.75, 3.05) is 6.54 Å². The average Bonchev–Trinajstić information content (AvgIpc) is 3.11. The van der Waals surface area contributed by atoms with Gasteiger partial charge in [0.1, 0.15) is 11.4 Å². The molecule has 1 heterocycles. The first-order valence-electron chi connectivity index (χ1n) is 9.74. The molecule has 1 saturated heterocycles. The molecule has 2 aromatic rings. The summed E-state index contributed by atoms with van der Waals surface area (Å²) < 4.78 is 19.4. The molecular formula is C23H28FNO3. The molecule has 1 amide bonds. The number of benzene rings is 2. The number of aliphatic hydroxyl groups excluding tert-OH is 1. The molecule has 0 aromatic heterocycles. The molecule has 4 nitrogen and oxygen atoms in total. The van der Waals surface area contributed by atoms with Crippen molar-refractivity contribution in [1.82, 2.24) is 4.90 Å². The fraction of sp³-hybridized carbons (Fsp3) is 0.435. The maximum atomic E-state index is 13.9. The SMILES string of the molecule is CC(C)(C)OC(=O)N1CCC[C@@H]1[C@H](O)[C@H](c1ccccc1)c1cccc(F)c1. The van der Waals surface area contributed by atoms with Gasteiger partial charge < -0.3 is 14.7 Å². The summed E-state index contributed by atoms with van der Waals surface area (Å²) in [5.74, 6) is -0.786. The Labute approximate surface area is 165 Å². The van der Waals surface area contributed by atoms with E-state index in [4.69, 9.17) is 4.74 Å². The van der Waals surface area contributed by atoms with Gasteiger partial charge in [-0.1, -0.05) is 42.5 Å². The lowest BCUT2D eigenvalue weighted by atomic mass is 9.83. The van der Waals surface area contributed by atoms with Crippen LogP contribution in [-0.2, 0) is 4.74 Å². The number of hydrogen-bond donors (Lipinski definition) is 1. The third kappa shape index (κ3) is 4.71. The van der Waals surface area contributed by atoms with Gasteiger partial charge in [-0.25, -0.2) is 9.18 Å². The fourth-order valence-electron chi connectivity index (χ4n) is 3.86. The molecule has 1 N–H and O–H groups in total. The van der Waals surface area contributed by atoms with Crippen LogP contribution in [0.4, 0.5) is 9.18 Å². The van der Waals surface area contributed by atoms with Gasteiger partial charge in [0.15, 0.2) is 0 Å². The van der Waals surface area contributed by atoms with Crippen molar-refractivity contribution < 1.29 is 19.0 Å². The van der Waals surface area contributed by atoms with Gasteiger partial charge in [-0.2, -0.15) is 0 Å². The predicted molar refractivity (Wildman–Crippen MR) is 107 cm³/mol. The van der Waals surface area contributed by atoms with Crippen LogP contribution >= 0.6 is 0 Å². The molecule has 3 rings (SSSR count). The monoisotopic (exact) mass is 385 g/mol. The molecule has 1 aliphatic heterocycles. The van der Waals surface area contributed by atoms with Crippen molar-refractivity contribution in [2.45, 2.75) is 57.3 Å². The lowest BCUT2D eigenvalue weighted by Crippen LogP contribution is -2.47. The molecule has 0 spiro atoms. The largest absolute Gasteiger partial charge is 0.444 e. The van der Waals surface area contributed by atoms with E-state index in [0.717, 1.165) is 12.0 Å². The maximum Gasteiger partial charge on any atom is 0.410 e. The Bertz CT molecular complexity index is 803. The first kappa shape index (κ1) is 20.3. The van der Waals surface area contributed by atoms with Crippen LogP contribution < -0.4 is 0 Å². The normalized spacial score (nSPS) is 19.3. The Kier molecular flexibility index (Phi) is 6.04. The number of nitrogens with zero attached hydrogens (tertiary/aromatic N) is 1. The molecule has 0 bridgehead atoms. The minimum atomic E-state index is -0.876. The van der Waals surface area contributed by atoms with Gasteiger partial charge in [0, 0.05) is 12.5 Å². The number of carbonyl (C=O) groups is 1. The lowest BCUT2D eigenvalue weighted by molar-refractivity contribution is 0.00254. The Hall–Kier alpha value is -2.40. The van der Waals surface area contributed by atoms with Crippen LogP contribution in [-0.4, -0.2) is 40.4 Å². The number of likely N-dealkylation sites (tertiary alicyclic amines) is 1. The van der Waals surface area contributed by atoms with Crippen molar-refractivity contribution in [3.05, 3.63) is 71.5 Å². The van der Waals surface area contributed by atoms with Gasteiger partial charge >= 0.3 is 6.09 Å². The zero-order valence-corrected chi connectivity index (χ0v) is 16.6. The highest BCUT2D eigenvalue weighted by Crippen LogP contribution is 2.35. The number of halogens is 1. The van der Waals surface area contributed by atoms with Crippen LogP contribution in [0.15, 0.2) is 54.6 Å². The molecule has 150 valence electrons. The van der Waals surface area contributed by atoms with E-state index in [9.17, 15) is 14.3 Å². The minimum absolute atomic E-state index is 0.346. The van der Waals surface area contributed by atoms with Gasteiger partial charge in [0.25, 0.3) is 0 Å². The molecule has 1 aliphatic rings. The summed E-state index contributed by atoms with van der Waals surface area (Å²) in [7, 11) is 0. The van der Waals surface area contributed by atoms with Gasteiger partial charge in [-0.05, 0) is 56.9 Å². The molecule has 1 fully saturated rings. The summed E-state index contributed by atoms with van der Waals surface area (Å²) in [6.07, 6.45) is 0.185. The second-order valence-electron chi connectivity index (χ2n) is 8.32. The van der Waals surface area contributed by atoms with Gasteiger partial charge in [-0.15, -0.1) is 0 Å². The van der Waals surface area contributed by atoms with Gasteiger partial charge in [-0.3, -0.25) is 0 Å². The highest BCUT2D eigenvalue weighted by atomic mass is 19.1. The van der Waals surface area contributed by atoms with Crippen LogP contribution in [0.1, 0.15) is 50.7 Å². The van der Waals surface area contributed by atoms with Crippen molar-refractivity contribution >= 4 is 6.09 Å². The summed E-state index contributed by atoms with van der Waals surface area (Å²) in [5, 5.41) is 11.4. The fourth-order valence-corrected chi connectivity index (χ4v) is 3.86. The van der Waals surface area contributed by atoms with Crippen molar-refractivity contribution in [2.24, 2.45) is 0 Å². The van der Waals surface area contributed by atoms with E-state index in [-0.39, 0.29) is 11.9 Å². The van der Waals surface area contributed by atoms with E-state index in [0.29, 0.717) is 18.5 Å². The zero-order valence-electron chi connectivity index (χ0n) is 16.6. The van der Waals surface area contributed by atoms with E-state index < -0.39 is 23.7 Å². The Morgan fingerprint density at radius 3 is 2.46 bits per heavy atom. The number of rotatable bonds is 4. The average molecular weight is 385 g/mol. The maximum absolute atomic E-state index is 13.9. The molecule has 0 unspecified atom stereocenters. The smallest absolute Gasteiger partial charge is 0.410 e. The number of ether oxygens (including phenoxy) is 1. The van der Waals surface area contributed by atoms with E-state index in [1.165, 1.54) is 12.1 Å². The lowest BCUT2D eigenvalue weighted by Gasteiger charge is -2.35. The zero-order chi connectivity index (χ0) is 20.3. The van der Waals surface area contributed by atoms with Gasteiger partial charge in [0.05, 0.1) is 12.1 Å². The van der Waals surface area contributed by atoms with E-state index in [2.05, 4.69) is 0 Å². The quantitative estimate of drug-likeness (QED) is 0.829. The summed E-state index contributed by atoms with van der Waals surface area (Å²) in [6, 6.07) is 15.5. The van der Waals surface area contributed by atoms with Crippen LogP contribution in [0.3, 0.4) is 0 Å². The molecule has 3 atom stereocenters. The van der Waals surface area contributed by atoms with E-state index in [1.54, 1.807) is 11.0 Å². The summed E-state index contributed by atoms with van der Waals surface area (Å²) in [4.78, 5) is 14.3. The minimum Gasteiger partial charge on any atom is -0.444 e. The van der Waals surface area contributed by atoms with Crippen LogP contribution in [0.2, 0.25) is 0 Å². The predicted octanol–water partition coefficient (Wildman–Crippen LogP) is 4.72. The third-order valence-corrected chi connectivity index (χ3v) is 5.03.